The fourth-order valence-corrected chi connectivity index (χ4v) is 4.68. The molecule has 1 N–H and O–H groups in total. The van der Waals surface area contributed by atoms with Gasteiger partial charge in [-0.15, -0.1) is 5.10 Å². The molecule has 10 heteroatoms. The summed E-state index contributed by atoms with van der Waals surface area (Å²) in [6.07, 6.45) is 0. The van der Waals surface area contributed by atoms with Crippen molar-refractivity contribution in [1.82, 2.24) is 34.5 Å². The number of nitrogens with zero attached hydrogens (tertiary/aromatic N) is 7. The number of pyridine rings is 1. The number of fused-ring (bicyclic) bond motifs is 1. The van der Waals surface area contributed by atoms with E-state index in [2.05, 4.69) is 38.4 Å². The number of hydrogen-bond acceptors (Lipinski definition) is 8. The molecule has 1 aliphatic rings. The minimum Gasteiger partial charge on any atom is -0.377 e. The zero-order valence-corrected chi connectivity index (χ0v) is 17.6. The molecule has 0 radical (unpaired) electrons. The van der Waals surface area contributed by atoms with E-state index in [0.29, 0.717) is 13.2 Å². The third kappa shape index (κ3) is 2.99. The van der Waals surface area contributed by atoms with Crippen molar-refractivity contribution >= 4 is 27.6 Å². The number of ether oxygens (including phenoxy) is 1. The molecule has 1 atom stereocenters. The van der Waals surface area contributed by atoms with Crippen LogP contribution in [-0.4, -0.2) is 60.3 Å². The molecule has 5 heterocycles. The van der Waals surface area contributed by atoms with E-state index in [1.54, 1.807) is 0 Å². The van der Waals surface area contributed by atoms with Crippen molar-refractivity contribution in [3.8, 4) is 22.6 Å². The van der Waals surface area contributed by atoms with E-state index in [4.69, 9.17) is 14.1 Å². The standard InChI is InChI=1S/C19H22N8OS/c1-10-7-14(23-21-10)16-17-19(29-24-16)13(18-12(3)22-25-26(18)4)8-15(20-17)27-5-6-28-9-11(27)2/h7-8,11H,5-6,9H2,1-4H3,(H,21,23)/t11-/m1/s1. The largest absolute Gasteiger partial charge is 0.377 e. The zero-order valence-electron chi connectivity index (χ0n) is 16.8. The highest BCUT2D eigenvalue weighted by Gasteiger charge is 2.25. The van der Waals surface area contributed by atoms with Crippen molar-refractivity contribution < 1.29 is 4.74 Å². The lowest BCUT2D eigenvalue weighted by Crippen LogP contribution is -2.44. The van der Waals surface area contributed by atoms with Gasteiger partial charge in [0.1, 0.15) is 22.7 Å². The second-order valence-corrected chi connectivity index (χ2v) is 8.21. The highest BCUT2D eigenvalue weighted by Crippen LogP contribution is 2.39. The quantitative estimate of drug-likeness (QED) is 0.554. The molecule has 9 nitrogen and oxygen atoms in total. The van der Waals surface area contributed by atoms with Crippen molar-refractivity contribution in [2.45, 2.75) is 26.8 Å². The molecule has 1 aliphatic heterocycles. The maximum absolute atomic E-state index is 5.62. The second kappa shape index (κ2) is 6.89. The molecule has 0 spiro atoms. The molecule has 1 fully saturated rings. The van der Waals surface area contributed by atoms with Gasteiger partial charge in [-0.3, -0.25) is 5.10 Å². The van der Waals surface area contributed by atoms with E-state index in [-0.39, 0.29) is 6.04 Å². The summed E-state index contributed by atoms with van der Waals surface area (Å²) in [5.74, 6) is 0.914. The number of nitrogens with one attached hydrogen (secondary N) is 1. The van der Waals surface area contributed by atoms with Crippen molar-refractivity contribution in [3.05, 3.63) is 23.5 Å². The fraction of sp³-hybridized carbons (Fsp3) is 0.421. The number of anilines is 1. The highest BCUT2D eigenvalue weighted by atomic mass is 32.1. The number of aromatic amines is 1. The predicted molar refractivity (Wildman–Crippen MR) is 112 cm³/mol. The minimum atomic E-state index is 0.245. The molecule has 0 unspecified atom stereocenters. The zero-order chi connectivity index (χ0) is 20.1. The monoisotopic (exact) mass is 410 g/mol. The lowest BCUT2D eigenvalue weighted by Gasteiger charge is -2.34. The maximum Gasteiger partial charge on any atom is 0.131 e. The third-order valence-corrected chi connectivity index (χ3v) is 6.14. The predicted octanol–water partition coefficient (Wildman–Crippen LogP) is 2.72. The van der Waals surface area contributed by atoms with Crippen LogP contribution in [0.2, 0.25) is 0 Å². The second-order valence-electron chi connectivity index (χ2n) is 7.44. The van der Waals surface area contributed by atoms with Crippen LogP contribution in [0.4, 0.5) is 5.82 Å². The van der Waals surface area contributed by atoms with Crippen LogP contribution in [0.15, 0.2) is 12.1 Å². The Hall–Kier alpha value is -2.85. The molecule has 1 saturated heterocycles. The summed E-state index contributed by atoms with van der Waals surface area (Å²) in [6.45, 7) is 8.30. The van der Waals surface area contributed by atoms with Crippen LogP contribution in [0.25, 0.3) is 32.9 Å². The molecule has 4 aromatic rings. The van der Waals surface area contributed by atoms with Crippen LogP contribution in [0.1, 0.15) is 18.3 Å². The van der Waals surface area contributed by atoms with Gasteiger partial charge in [0.25, 0.3) is 0 Å². The average molecular weight is 411 g/mol. The first-order chi connectivity index (χ1) is 14.0. The van der Waals surface area contributed by atoms with Gasteiger partial charge in [0.2, 0.25) is 0 Å². The summed E-state index contributed by atoms with van der Waals surface area (Å²) < 4.78 is 13.2. The lowest BCUT2D eigenvalue weighted by molar-refractivity contribution is 0.0986. The molecule has 29 heavy (non-hydrogen) atoms. The summed E-state index contributed by atoms with van der Waals surface area (Å²) in [7, 11) is 1.91. The van der Waals surface area contributed by atoms with Gasteiger partial charge in [-0.2, -0.15) is 9.47 Å². The van der Waals surface area contributed by atoms with Gasteiger partial charge in [-0.1, -0.05) is 5.21 Å². The Morgan fingerprint density at radius 2 is 2.14 bits per heavy atom. The van der Waals surface area contributed by atoms with E-state index >= 15 is 0 Å². The lowest BCUT2D eigenvalue weighted by atomic mass is 10.1. The number of H-pyrrole nitrogens is 1. The molecule has 150 valence electrons. The first-order valence-corrected chi connectivity index (χ1v) is 10.3. The first kappa shape index (κ1) is 18.2. The normalized spacial score (nSPS) is 17.4. The van der Waals surface area contributed by atoms with Gasteiger partial charge >= 0.3 is 0 Å². The Bertz CT molecular complexity index is 1170. The van der Waals surface area contributed by atoms with Crippen LogP contribution in [0.5, 0.6) is 0 Å². The maximum atomic E-state index is 5.62. The van der Waals surface area contributed by atoms with Gasteiger partial charge in [-0.05, 0) is 44.4 Å². The Labute approximate surface area is 171 Å². The van der Waals surface area contributed by atoms with Crippen LogP contribution in [-0.2, 0) is 11.8 Å². The van der Waals surface area contributed by atoms with Gasteiger partial charge in [0.05, 0.1) is 35.3 Å². The molecule has 5 rings (SSSR count). The van der Waals surface area contributed by atoms with Crippen LogP contribution < -0.4 is 4.90 Å². The first-order valence-electron chi connectivity index (χ1n) is 9.56. The number of hydrogen-bond donors (Lipinski definition) is 1. The number of morpholine rings is 1. The van der Waals surface area contributed by atoms with Crippen molar-refractivity contribution in [2.24, 2.45) is 7.05 Å². The number of aromatic nitrogens is 7. The molecular weight excluding hydrogens is 388 g/mol. The molecule has 0 amide bonds. The van der Waals surface area contributed by atoms with Gasteiger partial charge in [-0.25, -0.2) is 9.67 Å². The smallest absolute Gasteiger partial charge is 0.131 e. The topological polar surface area (TPSA) is 97.6 Å². The van der Waals surface area contributed by atoms with Crippen LogP contribution >= 0.6 is 11.5 Å². The molecule has 4 aromatic heterocycles. The molecule has 0 bridgehead atoms. The Morgan fingerprint density at radius 1 is 1.28 bits per heavy atom. The van der Waals surface area contributed by atoms with Crippen molar-refractivity contribution in [1.29, 1.82) is 0 Å². The molecular formula is C19H22N8OS. The van der Waals surface area contributed by atoms with E-state index in [0.717, 1.165) is 56.6 Å². The minimum absolute atomic E-state index is 0.245. The average Bonchev–Trinajstić information content (AvgIpc) is 3.40. The highest BCUT2D eigenvalue weighted by molar-refractivity contribution is 7.14. The molecule has 0 aliphatic carbocycles. The Kier molecular flexibility index (Phi) is 4.32. The Balaban J connectivity index is 1.77. The van der Waals surface area contributed by atoms with Gasteiger partial charge in [0, 0.05) is 24.8 Å². The summed E-state index contributed by atoms with van der Waals surface area (Å²) in [5, 5.41) is 15.9. The summed E-state index contributed by atoms with van der Waals surface area (Å²) in [4.78, 5) is 7.33. The molecule has 0 saturated carbocycles. The SMILES string of the molecule is Cc1cc(-c2nsc3c(-c4c(C)nnn4C)cc(N4CCOC[C@H]4C)nc23)n[nH]1. The van der Waals surface area contributed by atoms with E-state index < -0.39 is 0 Å². The summed E-state index contributed by atoms with van der Waals surface area (Å²) in [6, 6.07) is 4.37. The van der Waals surface area contributed by atoms with E-state index in [1.807, 2.05) is 31.6 Å². The van der Waals surface area contributed by atoms with Crippen LogP contribution in [0.3, 0.4) is 0 Å². The van der Waals surface area contributed by atoms with Gasteiger partial charge < -0.3 is 9.64 Å². The number of aryl methyl sites for hydroxylation is 3. The summed E-state index contributed by atoms with van der Waals surface area (Å²) in [5.41, 5.74) is 6.36. The molecule has 0 aromatic carbocycles. The van der Waals surface area contributed by atoms with E-state index in [1.165, 1.54) is 11.5 Å². The van der Waals surface area contributed by atoms with E-state index in [9.17, 15) is 0 Å². The van der Waals surface area contributed by atoms with Crippen LogP contribution in [0, 0.1) is 13.8 Å². The van der Waals surface area contributed by atoms with Crippen molar-refractivity contribution in [3.63, 3.8) is 0 Å². The third-order valence-electron chi connectivity index (χ3n) is 5.27. The number of rotatable bonds is 3. The van der Waals surface area contributed by atoms with Gasteiger partial charge in [0.15, 0.2) is 0 Å². The Morgan fingerprint density at radius 3 is 2.83 bits per heavy atom. The summed E-state index contributed by atoms with van der Waals surface area (Å²) >= 11 is 1.44. The fourth-order valence-electron chi connectivity index (χ4n) is 3.83. The van der Waals surface area contributed by atoms with Crippen molar-refractivity contribution in [2.75, 3.05) is 24.7 Å².